The van der Waals surface area contributed by atoms with Crippen LogP contribution in [0.5, 0.6) is 0 Å². The summed E-state index contributed by atoms with van der Waals surface area (Å²) in [7, 11) is 0. The third kappa shape index (κ3) is 5.02. The second-order valence-electron chi connectivity index (χ2n) is 4.66. The van der Waals surface area contributed by atoms with E-state index in [1.165, 1.54) is 41.6 Å². The molecule has 0 unspecified atom stereocenters. The highest BCUT2D eigenvalue weighted by Crippen LogP contribution is 2.24. The van der Waals surface area contributed by atoms with Gasteiger partial charge < -0.3 is 5.32 Å². The van der Waals surface area contributed by atoms with Crippen LogP contribution in [-0.2, 0) is 0 Å². The van der Waals surface area contributed by atoms with Gasteiger partial charge in [-0.05, 0) is 43.5 Å². The first-order valence-electron chi connectivity index (χ1n) is 6.44. The van der Waals surface area contributed by atoms with Crippen LogP contribution in [0.25, 0.3) is 0 Å². The molecule has 1 saturated carbocycles. The van der Waals surface area contributed by atoms with Gasteiger partial charge in [-0.1, -0.05) is 34.8 Å². The Kier molecular flexibility index (Phi) is 5.89. The smallest absolute Gasteiger partial charge is 0.0186 e. The van der Waals surface area contributed by atoms with E-state index in [1.54, 1.807) is 0 Å². The van der Waals surface area contributed by atoms with Crippen molar-refractivity contribution in [3.8, 4) is 0 Å². The lowest BCUT2D eigenvalue weighted by Crippen LogP contribution is -2.23. The predicted molar refractivity (Wildman–Crippen MR) is 79.7 cm³/mol. The number of rotatable bonds is 6. The van der Waals surface area contributed by atoms with Crippen LogP contribution in [0.15, 0.2) is 33.6 Å². The third-order valence-electron chi connectivity index (χ3n) is 3.25. The molecule has 0 heterocycles. The lowest BCUT2D eigenvalue weighted by atomic mass is 10.1. The number of nitrogens with one attached hydrogen (secondary N) is 1. The molecule has 0 atom stereocenters. The van der Waals surface area contributed by atoms with Crippen LogP contribution < -0.4 is 5.32 Å². The quantitative estimate of drug-likeness (QED) is 0.620. The van der Waals surface area contributed by atoms with Gasteiger partial charge in [-0.25, -0.2) is 0 Å². The summed E-state index contributed by atoms with van der Waals surface area (Å²) in [5.74, 6) is 2.11. The standard InChI is InChI=1S/C14H20BrNS/c15-13-6-3-7-14(10-13)17-9-8-16-11-12-4-1-2-5-12/h3,6-7,10,12,16H,1-2,4-5,8-9,11H2. The van der Waals surface area contributed by atoms with Crippen LogP contribution >= 0.6 is 27.7 Å². The molecule has 1 aliphatic carbocycles. The summed E-state index contributed by atoms with van der Waals surface area (Å²) in [5, 5.41) is 3.58. The zero-order chi connectivity index (χ0) is 11.9. The summed E-state index contributed by atoms with van der Waals surface area (Å²) < 4.78 is 1.17. The molecule has 0 aliphatic heterocycles. The van der Waals surface area contributed by atoms with Crippen molar-refractivity contribution < 1.29 is 0 Å². The fraction of sp³-hybridized carbons (Fsp3) is 0.571. The van der Waals surface area contributed by atoms with Crippen LogP contribution in [0.1, 0.15) is 25.7 Å². The van der Waals surface area contributed by atoms with Gasteiger partial charge >= 0.3 is 0 Å². The van der Waals surface area contributed by atoms with Gasteiger partial charge in [-0.15, -0.1) is 11.8 Å². The molecule has 0 bridgehead atoms. The van der Waals surface area contributed by atoms with Crippen LogP contribution in [0.4, 0.5) is 0 Å². The average molecular weight is 314 g/mol. The van der Waals surface area contributed by atoms with Crippen molar-refractivity contribution in [1.82, 2.24) is 5.32 Å². The van der Waals surface area contributed by atoms with Gasteiger partial charge in [0.05, 0.1) is 0 Å². The van der Waals surface area contributed by atoms with Gasteiger partial charge in [0.2, 0.25) is 0 Å². The Morgan fingerprint density at radius 3 is 2.88 bits per heavy atom. The van der Waals surface area contributed by atoms with E-state index in [0.717, 1.165) is 18.2 Å². The first kappa shape index (κ1) is 13.4. The van der Waals surface area contributed by atoms with Crippen LogP contribution in [-0.4, -0.2) is 18.8 Å². The van der Waals surface area contributed by atoms with Crippen molar-refractivity contribution in [1.29, 1.82) is 0 Å². The highest BCUT2D eigenvalue weighted by atomic mass is 79.9. The SMILES string of the molecule is Brc1cccc(SCCNCC2CCCC2)c1. The Balaban J connectivity index is 1.56. The fourth-order valence-corrected chi connectivity index (χ4v) is 3.74. The summed E-state index contributed by atoms with van der Waals surface area (Å²) in [4.78, 5) is 1.35. The summed E-state index contributed by atoms with van der Waals surface area (Å²) in [6.45, 7) is 2.34. The van der Waals surface area contributed by atoms with Gasteiger partial charge in [0.15, 0.2) is 0 Å². The molecule has 0 saturated heterocycles. The van der Waals surface area contributed by atoms with Crippen molar-refractivity contribution >= 4 is 27.7 Å². The Bertz CT molecular complexity index is 337. The summed E-state index contributed by atoms with van der Waals surface area (Å²) >= 11 is 5.43. The largest absolute Gasteiger partial charge is 0.316 e. The van der Waals surface area contributed by atoms with Crippen molar-refractivity contribution in [2.75, 3.05) is 18.8 Å². The minimum absolute atomic E-state index is 0.950. The molecule has 1 nitrogen and oxygen atoms in total. The van der Waals surface area contributed by atoms with Gasteiger partial charge in [0.25, 0.3) is 0 Å². The molecule has 0 radical (unpaired) electrons. The van der Waals surface area contributed by atoms with Crippen molar-refractivity contribution in [2.45, 2.75) is 30.6 Å². The first-order chi connectivity index (χ1) is 8.34. The molecule has 3 heteroatoms. The maximum Gasteiger partial charge on any atom is 0.0186 e. The van der Waals surface area contributed by atoms with E-state index in [0.29, 0.717) is 0 Å². The van der Waals surface area contributed by atoms with Crippen LogP contribution in [0, 0.1) is 5.92 Å². The molecule has 2 rings (SSSR count). The maximum atomic E-state index is 3.58. The lowest BCUT2D eigenvalue weighted by Gasteiger charge is -2.10. The second-order valence-corrected chi connectivity index (χ2v) is 6.74. The molecule has 1 aromatic carbocycles. The van der Waals surface area contributed by atoms with E-state index < -0.39 is 0 Å². The van der Waals surface area contributed by atoms with Crippen LogP contribution in [0.3, 0.4) is 0 Å². The Labute approximate surface area is 117 Å². The molecule has 0 aromatic heterocycles. The molecule has 17 heavy (non-hydrogen) atoms. The minimum Gasteiger partial charge on any atom is -0.316 e. The molecule has 94 valence electrons. The van der Waals surface area contributed by atoms with E-state index in [4.69, 9.17) is 0 Å². The zero-order valence-corrected chi connectivity index (χ0v) is 12.5. The van der Waals surface area contributed by atoms with E-state index in [1.807, 2.05) is 11.8 Å². The minimum atomic E-state index is 0.950. The number of halogens is 1. The Morgan fingerprint density at radius 1 is 1.29 bits per heavy atom. The highest BCUT2D eigenvalue weighted by molar-refractivity contribution is 9.10. The number of hydrogen-bond acceptors (Lipinski definition) is 2. The molecule has 1 aromatic rings. The Morgan fingerprint density at radius 2 is 2.12 bits per heavy atom. The molecule has 0 amide bonds. The normalized spacial score (nSPS) is 16.5. The molecule has 1 N–H and O–H groups in total. The summed E-state index contributed by atoms with van der Waals surface area (Å²) in [6.07, 6.45) is 5.76. The van der Waals surface area contributed by atoms with Gasteiger partial charge in [-0.3, -0.25) is 0 Å². The molecule has 0 spiro atoms. The fourth-order valence-electron chi connectivity index (χ4n) is 2.32. The maximum absolute atomic E-state index is 3.58. The monoisotopic (exact) mass is 313 g/mol. The van der Waals surface area contributed by atoms with E-state index >= 15 is 0 Å². The number of hydrogen-bond donors (Lipinski definition) is 1. The average Bonchev–Trinajstić information content (AvgIpc) is 2.82. The van der Waals surface area contributed by atoms with E-state index in [-0.39, 0.29) is 0 Å². The van der Waals surface area contributed by atoms with Crippen molar-refractivity contribution in [3.63, 3.8) is 0 Å². The van der Waals surface area contributed by atoms with Crippen molar-refractivity contribution in [2.24, 2.45) is 5.92 Å². The predicted octanol–water partition coefficient (Wildman–Crippen LogP) is 4.32. The summed E-state index contributed by atoms with van der Waals surface area (Å²) in [5.41, 5.74) is 0. The molecular formula is C14H20BrNS. The van der Waals surface area contributed by atoms with Gasteiger partial charge in [0.1, 0.15) is 0 Å². The summed E-state index contributed by atoms with van der Waals surface area (Å²) in [6, 6.07) is 8.52. The lowest BCUT2D eigenvalue weighted by molar-refractivity contribution is 0.500. The third-order valence-corrected chi connectivity index (χ3v) is 4.74. The highest BCUT2D eigenvalue weighted by Gasteiger charge is 2.13. The molecule has 1 fully saturated rings. The molecule has 1 aliphatic rings. The zero-order valence-electron chi connectivity index (χ0n) is 10.1. The number of benzene rings is 1. The second kappa shape index (κ2) is 7.45. The van der Waals surface area contributed by atoms with E-state index in [9.17, 15) is 0 Å². The van der Waals surface area contributed by atoms with E-state index in [2.05, 4.69) is 45.5 Å². The molecular weight excluding hydrogens is 294 g/mol. The van der Waals surface area contributed by atoms with Crippen LogP contribution in [0.2, 0.25) is 0 Å². The van der Waals surface area contributed by atoms with Crippen molar-refractivity contribution in [3.05, 3.63) is 28.7 Å². The number of thioether (sulfide) groups is 1. The first-order valence-corrected chi connectivity index (χ1v) is 8.21. The van der Waals surface area contributed by atoms with Gasteiger partial charge in [-0.2, -0.15) is 0 Å². The van der Waals surface area contributed by atoms with Gasteiger partial charge in [0, 0.05) is 21.7 Å². The Hall–Kier alpha value is 0.01000. The topological polar surface area (TPSA) is 12.0 Å².